The van der Waals surface area contributed by atoms with Crippen LogP contribution in [0.1, 0.15) is 52.9 Å². The molecule has 40 heavy (non-hydrogen) atoms. The molecule has 2 amide bonds. The lowest BCUT2D eigenvalue weighted by Gasteiger charge is -2.31. The SMILES string of the molecule is CCCOc1ccc(NC(=O)C[C@@H]2C(=O)N(c3ccc(OCC)cc3)C(=S)N2CCCN2CCC(C)CC2)cc1. The van der Waals surface area contributed by atoms with Gasteiger partial charge >= 0.3 is 0 Å². The van der Waals surface area contributed by atoms with Crippen molar-refractivity contribution in [3.63, 3.8) is 0 Å². The molecule has 0 radical (unpaired) electrons. The summed E-state index contributed by atoms with van der Waals surface area (Å²) in [5.41, 5.74) is 1.34. The monoisotopic (exact) mass is 566 g/mol. The molecule has 2 aromatic rings. The topological polar surface area (TPSA) is 74.3 Å². The minimum Gasteiger partial charge on any atom is -0.494 e. The van der Waals surface area contributed by atoms with E-state index in [-0.39, 0.29) is 18.2 Å². The summed E-state index contributed by atoms with van der Waals surface area (Å²) in [5.74, 6) is 1.87. The van der Waals surface area contributed by atoms with Crippen LogP contribution in [0.5, 0.6) is 11.5 Å². The number of amides is 2. The molecular formula is C31H42N4O4S. The second-order valence-electron chi connectivity index (χ2n) is 10.6. The maximum Gasteiger partial charge on any atom is 0.256 e. The van der Waals surface area contributed by atoms with Gasteiger partial charge in [0.2, 0.25) is 5.91 Å². The van der Waals surface area contributed by atoms with Gasteiger partial charge in [-0.25, -0.2) is 0 Å². The molecule has 0 aromatic heterocycles. The minimum absolute atomic E-state index is 0.0157. The van der Waals surface area contributed by atoms with Crippen LogP contribution in [0.3, 0.4) is 0 Å². The lowest BCUT2D eigenvalue weighted by Crippen LogP contribution is -2.40. The van der Waals surface area contributed by atoms with Gasteiger partial charge in [-0.3, -0.25) is 14.5 Å². The van der Waals surface area contributed by atoms with E-state index in [0.717, 1.165) is 49.9 Å². The third kappa shape index (κ3) is 7.73. The highest BCUT2D eigenvalue weighted by atomic mass is 32.1. The summed E-state index contributed by atoms with van der Waals surface area (Å²) in [6.45, 7) is 11.3. The number of benzene rings is 2. The van der Waals surface area contributed by atoms with Crippen molar-refractivity contribution in [2.75, 3.05) is 49.6 Å². The van der Waals surface area contributed by atoms with Gasteiger partial charge in [0.1, 0.15) is 17.5 Å². The van der Waals surface area contributed by atoms with Crippen molar-refractivity contribution >= 4 is 40.5 Å². The van der Waals surface area contributed by atoms with Gasteiger partial charge < -0.3 is 24.6 Å². The second kappa shape index (κ2) is 14.5. The largest absolute Gasteiger partial charge is 0.494 e. The van der Waals surface area contributed by atoms with Crippen molar-refractivity contribution in [2.45, 2.75) is 58.9 Å². The van der Waals surface area contributed by atoms with E-state index in [1.165, 1.54) is 12.8 Å². The van der Waals surface area contributed by atoms with E-state index < -0.39 is 6.04 Å². The van der Waals surface area contributed by atoms with E-state index in [1.54, 1.807) is 4.90 Å². The molecule has 0 bridgehead atoms. The Kier molecular flexibility index (Phi) is 10.8. The van der Waals surface area contributed by atoms with Gasteiger partial charge in [0, 0.05) is 12.2 Å². The number of hydrogen-bond donors (Lipinski definition) is 1. The van der Waals surface area contributed by atoms with Gasteiger partial charge in [0.05, 0.1) is 25.3 Å². The molecule has 2 saturated heterocycles. The lowest BCUT2D eigenvalue weighted by atomic mass is 9.99. The summed E-state index contributed by atoms with van der Waals surface area (Å²) in [6.07, 6.45) is 4.26. The first-order valence-corrected chi connectivity index (χ1v) is 14.9. The van der Waals surface area contributed by atoms with Crippen LogP contribution in [0.15, 0.2) is 48.5 Å². The molecule has 0 aliphatic carbocycles. The molecule has 2 fully saturated rings. The summed E-state index contributed by atoms with van der Waals surface area (Å²) in [4.78, 5) is 32.8. The smallest absolute Gasteiger partial charge is 0.256 e. The third-order valence-corrected chi connectivity index (χ3v) is 7.88. The Balaban J connectivity index is 1.44. The zero-order chi connectivity index (χ0) is 28.5. The van der Waals surface area contributed by atoms with Gasteiger partial charge in [0.25, 0.3) is 5.91 Å². The molecule has 1 N–H and O–H groups in total. The molecule has 2 heterocycles. The van der Waals surface area contributed by atoms with Crippen LogP contribution in [-0.4, -0.2) is 72.2 Å². The van der Waals surface area contributed by atoms with Crippen molar-refractivity contribution in [1.29, 1.82) is 0 Å². The van der Waals surface area contributed by atoms with Gasteiger partial charge in [-0.2, -0.15) is 0 Å². The van der Waals surface area contributed by atoms with Crippen molar-refractivity contribution in [2.24, 2.45) is 5.92 Å². The van der Waals surface area contributed by atoms with Crippen LogP contribution in [0.25, 0.3) is 0 Å². The highest BCUT2D eigenvalue weighted by Crippen LogP contribution is 2.29. The van der Waals surface area contributed by atoms with E-state index in [0.29, 0.717) is 36.2 Å². The number of nitrogens with one attached hydrogen (secondary N) is 1. The Hall–Kier alpha value is -3.17. The number of ether oxygens (including phenoxy) is 2. The van der Waals surface area contributed by atoms with Gasteiger partial charge in [-0.15, -0.1) is 0 Å². The zero-order valence-corrected chi connectivity index (χ0v) is 24.8. The van der Waals surface area contributed by atoms with Crippen molar-refractivity contribution < 1.29 is 19.1 Å². The number of hydrogen-bond acceptors (Lipinski definition) is 6. The minimum atomic E-state index is -0.660. The van der Waals surface area contributed by atoms with E-state index in [9.17, 15) is 9.59 Å². The third-order valence-electron chi connectivity index (χ3n) is 7.46. The highest BCUT2D eigenvalue weighted by Gasteiger charge is 2.44. The predicted octanol–water partition coefficient (Wildman–Crippen LogP) is 5.33. The van der Waals surface area contributed by atoms with Crippen molar-refractivity contribution in [1.82, 2.24) is 9.80 Å². The summed E-state index contributed by atoms with van der Waals surface area (Å²) in [5, 5.41) is 3.38. The van der Waals surface area contributed by atoms with Gasteiger partial charge in [-0.05, 0) is 119 Å². The van der Waals surface area contributed by atoms with Crippen LogP contribution < -0.4 is 19.7 Å². The quantitative estimate of drug-likeness (QED) is 0.329. The fourth-order valence-corrected chi connectivity index (χ4v) is 5.59. The van der Waals surface area contributed by atoms with E-state index in [2.05, 4.69) is 24.1 Å². The molecule has 0 saturated carbocycles. The normalized spacial score (nSPS) is 18.3. The number of carbonyl (C=O) groups excluding carboxylic acids is 2. The molecule has 2 aromatic carbocycles. The van der Waals surface area contributed by atoms with Crippen LogP contribution in [-0.2, 0) is 9.59 Å². The number of carbonyl (C=O) groups is 2. The second-order valence-corrected chi connectivity index (χ2v) is 11.0. The number of rotatable bonds is 13. The molecule has 1 atom stereocenters. The number of likely N-dealkylation sites (tertiary alicyclic amines) is 1. The van der Waals surface area contributed by atoms with Crippen LogP contribution in [0.4, 0.5) is 11.4 Å². The molecule has 0 spiro atoms. The fraction of sp³-hybridized carbons (Fsp3) is 0.516. The molecule has 2 aliphatic heterocycles. The molecular weight excluding hydrogens is 524 g/mol. The average Bonchev–Trinajstić information content (AvgIpc) is 3.18. The molecule has 216 valence electrons. The summed E-state index contributed by atoms with van der Waals surface area (Å²) in [6, 6.07) is 14.0. The molecule has 2 aliphatic rings. The molecule has 4 rings (SSSR count). The standard InChI is InChI=1S/C31H42N4O4S/c1-4-21-39-27-11-7-24(8-12-27)32-29(36)22-28-30(37)35(25-9-13-26(14-10-25)38-5-2)31(40)34(28)18-6-17-33-19-15-23(3)16-20-33/h7-14,23,28H,4-6,15-22H2,1-3H3,(H,32,36)/t28-/m1/s1. The van der Waals surface area contributed by atoms with Crippen LogP contribution in [0, 0.1) is 5.92 Å². The molecule has 9 heteroatoms. The van der Waals surface area contributed by atoms with Crippen LogP contribution in [0.2, 0.25) is 0 Å². The maximum absolute atomic E-state index is 13.7. The van der Waals surface area contributed by atoms with E-state index in [4.69, 9.17) is 21.7 Å². The van der Waals surface area contributed by atoms with Crippen molar-refractivity contribution in [3.05, 3.63) is 48.5 Å². The fourth-order valence-electron chi connectivity index (χ4n) is 5.18. The Morgan fingerprint density at radius 3 is 2.27 bits per heavy atom. The summed E-state index contributed by atoms with van der Waals surface area (Å²) in [7, 11) is 0. The number of anilines is 2. The highest BCUT2D eigenvalue weighted by molar-refractivity contribution is 7.80. The lowest BCUT2D eigenvalue weighted by molar-refractivity contribution is -0.124. The Labute approximate surface area is 243 Å². The van der Waals surface area contributed by atoms with E-state index in [1.807, 2.05) is 60.4 Å². The number of thiocarbonyl (C=S) groups is 1. The van der Waals surface area contributed by atoms with E-state index >= 15 is 0 Å². The zero-order valence-electron chi connectivity index (χ0n) is 23.9. The molecule has 0 unspecified atom stereocenters. The Morgan fingerprint density at radius 1 is 0.975 bits per heavy atom. The molecule has 8 nitrogen and oxygen atoms in total. The first-order valence-electron chi connectivity index (χ1n) is 14.5. The Morgan fingerprint density at radius 2 is 1.62 bits per heavy atom. The summed E-state index contributed by atoms with van der Waals surface area (Å²) < 4.78 is 11.2. The first kappa shape index (κ1) is 29.8. The Bertz CT molecular complexity index is 1130. The van der Waals surface area contributed by atoms with Crippen molar-refractivity contribution in [3.8, 4) is 11.5 Å². The first-order chi connectivity index (χ1) is 19.4. The van der Waals surface area contributed by atoms with Gasteiger partial charge in [0.15, 0.2) is 5.11 Å². The van der Waals surface area contributed by atoms with Crippen LogP contribution >= 0.6 is 12.2 Å². The average molecular weight is 567 g/mol. The number of nitrogens with zero attached hydrogens (tertiary/aromatic N) is 3. The number of piperidine rings is 1. The maximum atomic E-state index is 13.7. The predicted molar refractivity (Wildman–Crippen MR) is 163 cm³/mol. The van der Waals surface area contributed by atoms with Gasteiger partial charge in [-0.1, -0.05) is 13.8 Å². The summed E-state index contributed by atoms with van der Waals surface area (Å²) >= 11 is 5.84.